The van der Waals surface area contributed by atoms with Crippen LogP contribution in [-0.2, 0) is 25.3 Å². The van der Waals surface area contributed by atoms with E-state index >= 15 is 0 Å². The molecule has 0 spiro atoms. The molecule has 136 valence electrons. The molecule has 0 bridgehead atoms. The first-order chi connectivity index (χ1) is 11.2. The van der Waals surface area contributed by atoms with Crippen LogP contribution in [0.4, 0.5) is 0 Å². The van der Waals surface area contributed by atoms with Crippen LogP contribution in [0.25, 0.3) is 0 Å². The van der Waals surface area contributed by atoms with Gasteiger partial charge in [-0.1, -0.05) is 13.8 Å². The van der Waals surface area contributed by atoms with Crippen molar-refractivity contribution < 1.29 is 35.5 Å². The molecule has 0 aromatic carbocycles. The van der Waals surface area contributed by atoms with Crippen molar-refractivity contribution in [2.24, 2.45) is 11.8 Å². The summed E-state index contributed by atoms with van der Waals surface area (Å²) in [6.45, 7) is 7.69. The summed E-state index contributed by atoms with van der Waals surface area (Å²) in [5, 5.41) is 20.1. The van der Waals surface area contributed by atoms with E-state index in [0.717, 1.165) is 19.6 Å². The van der Waals surface area contributed by atoms with Gasteiger partial charge in [0, 0.05) is 0 Å². The largest absolute Gasteiger partial charge is 0.549 e. The van der Waals surface area contributed by atoms with Crippen LogP contribution in [0, 0.1) is 11.8 Å². The molecule has 2 unspecified atom stereocenters. The van der Waals surface area contributed by atoms with Crippen LogP contribution in [-0.4, -0.2) is 58.7 Å². The van der Waals surface area contributed by atoms with E-state index in [4.69, 9.17) is 6.15 Å². The van der Waals surface area contributed by atoms with Crippen molar-refractivity contribution in [1.82, 2.24) is 0 Å². The molecule has 0 amide bonds. The molecule has 1 saturated heterocycles. The van der Waals surface area contributed by atoms with Crippen LogP contribution in [0.15, 0.2) is 0 Å². The van der Waals surface area contributed by atoms with Crippen LogP contribution in [0.2, 0.25) is 0 Å². The molecule has 8 nitrogen and oxygen atoms in total. The van der Waals surface area contributed by atoms with Crippen LogP contribution in [0.1, 0.15) is 47.0 Å². The average Bonchev–Trinajstić information content (AvgIpc) is 2.50. The molecule has 0 radical (unpaired) electrons. The van der Waals surface area contributed by atoms with Crippen molar-refractivity contribution in [2.45, 2.75) is 47.0 Å². The first-order valence-electron chi connectivity index (χ1n) is 7.60. The number of rotatable bonds is 6. The summed E-state index contributed by atoms with van der Waals surface area (Å²) < 4.78 is 10.0. The molecule has 1 heterocycles. The monoisotopic (exact) mass is 452 g/mol. The van der Waals surface area contributed by atoms with Crippen LogP contribution < -0.4 is 10.2 Å². The number of ketones is 2. The SMILES string of the molecule is C1C[O][Sn+2][O]C1.CCC(C(C)=O)C(=O)[O-].CCC(C(C)=O)C(=O)[O-]. The number of carbonyl (C=O) groups excluding carboxylic acids is 4. The van der Waals surface area contributed by atoms with E-state index in [1.807, 2.05) is 0 Å². The molecule has 0 aliphatic carbocycles. The number of hydrogen-bond donors (Lipinski definition) is 0. The molecule has 0 N–H and O–H groups in total. The Bertz CT molecular complexity index is 335. The van der Waals surface area contributed by atoms with E-state index in [2.05, 4.69) is 0 Å². The van der Waals surface area contributed by atoms with Crippen molar-refractivity contribution in [3.05, 3.63) is 0 Å². The summed E-state index contributed by atoms with van der Waals surface area (Å²) in [6, 6.07) is 0. The smallest absolute Gasteiger partial charge is 0.138 e. The maximum Gasteiger partial charge on any atom is 0.138 e. The van der Waals surface area contributed by atoms with Crippen LogP contribution in [0.5, 0.6) is 0 Å². The molecule has 1 aliphatic heterocycles. The fourth-order valence-electron chi connectivity index (χ4n) is 1.57. The van der Waals surface area contributed by atoms with Gasteiger partial charge in [-0.2, -0.15) is 0 Å². The number of carboxylic acids is 2. The number of carboxylic acid groups (broad SMARTS) is 2. The Morgan fingerprint density at radius 3 is 1.25 bits per heavy atom. The Labute approximate surface area is 153 Å². The Kier molecular flexibility index (Phi) is 16.3. The van der Waals surface area contributed by atoms with Crippen molar-refractivity contribution in [3.8, 4) is 0 Å². The Morgan fingerprint density at radius 1 is 0.875 bits per heavy atom. The normalized spacial score (nSPS) is 14.8. The van der Waals surface area contributed by atoms with Gasteiger partial charge in [0.05, 0.1) is 23.8 Å². The Hall–Kier alpha value is -1.00. The Morgan fingerprint density at radius 2 is 1.21 bits per heavy atom. The third kappa shape index (κ3) is 13.4. The molecular formula is C15H24O8Sn. The minimum Gasteiger partial charge on any atom is -0.549 e. The van der Waals surface area contributed by atoms with Gasteiger partial charge in [0.2, 0.25) is 0 Å². The van der Waals surface area contributed by atoms with Crippen molar-refractivity contribution in [1.29, 1.82) is 0 Å². The first kappa shape index (κ1) is 25.2. The van der Waals surface area contributed by atoms with Gasteiger partial charge < -0.3 is 19.8 Å². The molecule has 0 aromatic rings. The minimum absolute atomic E-state index is 0.317. The van der Waals surface area contributed by atoms with E-state index in [0.29, 0.717) is 12.8 Å². The maximum atomic E-state index is 10.4. The van der Waals surface area contributed by atoms with Gasteiger partial charge in [0.15, 0.2) is 0 Å². The zero-order valence-corrected chi connectivity index (χ0v) is 17.3. The quantitative estimate of drug-likeness (QED) is 0.358. The molecule has 24 heavy (non-hydrogen) atoms. The van der Waals surface area contributed by atoms with Crippen molar-refractivity contribution in [3.63, 3.8) is 0 Å². The van der Waals surface area contributed by atoms with Crippen molar-refractivity contribution >= 4 is 45.5 Å². The average molecular weight is 451 g/mol. The number of aliphatic carboxylic acids is 2. The third-order valence-electron chi connectivity index (χ3n) is 2.98. The Balaban J connectivity index is 0. The fourth-order valence-corrected chi connectivity index (χ4v) is 3.11. The van der Waals surface area contributed by atoms with Gasteiger partial charge in [-0.25, -0.2) is 0 Å². The summed E-state index contributed by atoms with van der Waals surface area (Å²) in [4.78, 5) is 40.9. The number of hydrogen-bond acceptors (Lipinski definition) is 8. The standard InChI is InChI=1S/2C6H10O3.C3H6O2.Sn/c2*1-3-5(4(2)7)6(8)9;4-2-1-3-5;/h2*5H,3H2,1-2H3,(H,8,9);1-3H2;/q;;-2;+4/p-2. The van der Waals surface area contributed by atoms with Crippen LogP contribution in [0.3, 0.4) is 0 Å². The number of Topliss-reactive ketones (excluding diaryl/α,β-unsaturated/α-hetero) is 2. The topological polar surface area (TPSA) is 133 Å². The fraction of sp³-hybridized carbons (Fsp3) is 0.733. The number of carbonyl (C=O) groups is 4. The molecule has 1 fully saturated rings. The van der Waals surface area contributed by atoms with Crippen molar-refractivity contribution in [2.75, 3.05) is 13.2 Å². The summed E-state index contributed by atoms with van der Waals surface area (Å²) in [5.74, 6) is -5.04. The van der Waals surface area contributed by atoms with Crippen LogP contribution >= 0.6 is 0 Å². The van der Waals surface area contributed by atoms with Gasteiger partial charge >= 0.3 is 47.8 Å². The second-order valence-corrected chi connectivity index (χ2v) is 7.04. The van der Waals surface area contributed by atoms with Gasteiger partial charge in [0.25, 0.3) is 0 Å². The molecule has 9 heteroatoms. The molecule has 1 rings (SSSR count). The van der Waals surface area contributed by atoms with E-state index in [1.165, 1.54) is 13.8 Å². The minimum atomic E-state index is -1.27. The molecule has 0 saturated carbocycles. The molecule has 2 atom stereocenters. The van der Waals surface area contributed by atoms with E-state index < -0.39 is 45.7 Å². The van der Waals surface area contributed by atoms with Gasteiger partial charge in [-0.3, -0.25) is 9.59 Å². The predicted octanol–water partition coefficient (Wildman–Crippen LogP) is -1.34. The van der Waals surface area contributed by atoms with E-state index in [1.54, 1.807) is 13.8 Å². The second kappa shape index (κ2) is 15.5. The van der Waals surface area contributed by atoms with Gasteiger partial charge in [0.1, 0.15) is 11.6 Å². The zero-order valence-electron chi connectivity index (χ0n) is 14.5. The predicted molar refractivity (Wildman–Crippen MR) is 81.2 cm³/mol. The molecule has 0 aromatic heterocycles. The zero-order chi connectivity index (χ0) is 19.1. The summed E-state index contributed by atoms with van der Waals surface area (Å²) >= 11 is -0.714. The van der Waals surface area contributed by atoms with E-state index in [-0.39, 0.29) is 11.6 Å². The maximum absolute atomic E-state index is 10.4. The second-order valence-electron chi connectivity index (χ2n) is 4.91. The summed E-state index contributed by atoms with van der Waals surface area (Å²) in [6.07, 6.45) is 1.73. The van der Waals surface area contributed by atoms with Gasteiger partial charge in [-0.05, 0) is 26.7 Å². The summed E-state index contributed by atoms with van der Waals surface area (Å²) in [5.41, 5.74) is 0. The third-order valence-corrected chi connectivity index (χ3v) is 4.82. The molecule has 1 aliphatic rings. The van der Waals surface area contributed by atoms with E-state index in [9.17, 15) is 29.4 Å². The van der Waals surface area contributed by atoms with Gasteiger partial charge in [-0.15, -0.1) is 0 Å². The first-order valence-corrected chi connectivity index (χ1v) is 9.93. The molecular weight excluding hydrogens is 427 g/mol. The summed E-state index contributed by atoms with van der Waals surface area (Å²) in [7, 11) is 0.